The second kappa shape index (κ2) is 6.99. The molecule has 2 N–H and O–H groups in total. The molecule has 2 heterocycles. The Bertz CT molecular complexity index is 704. The monoisotopic (exact) mass is 414 g/mol. The summed E-state index contributed by atoms with van der Waals surface area (Å²) >= 11 is 8.09. The fourth-order valence-electron chi connectivity index (χ4n) is 1.40. The van der Waals surface area contributed by atoms with Crippen LogP contribution in [0.3, 0.4) is 0 Å². The number of halogens is 2. The van der Waals surface area contributed by atoms with E-state index in [1.165, 1.54) is 11.3 Å². The molecular weight excluding hydrogens is 408 g/mol. The smallest absolute Gasteiger partial charge is 0.258 e. The van der Waals surface area contributed by atoms with Gasteiger partial charge in [-0.25, -0.2) is 4.98 Å². The summed E-state index contributed by atoms with van der Waals surface area (Å²) in [7, 11) is 0. The Morgan fingerprint density at radius 3 is 2.90 bits per heavy atom. The number of thiophene rings is 1. The largest absolute Gasteiger partial charge is 0.384 e. The first-order valence-corrected chi connectivity index (χ1v) is 7.82. The molecule has 0 saturated heterocycles. The van der Waals surface area contributed by atoms with Crippen LogP contribution >= 0.6 is 43.2 Å². The topological polar surface area (TPSA) is 62.2 Å². The second-order valence-corrected chi connectivity index (χ2v) is 7.33. The van der Waals surface area contributed by atoms with Gasteiger partial charge in [-0.2, -0.15) is 0 Å². The lowest BCUT2D eigenvalue weighted by atomic mass is 10.2. The minimum atomic E-state index is -0.251. The Morgan fingerprint density at radius 2 is 2.25 bits per heavy atom. The average Bonchev–Trinajstić information content (AvgIpc) is 2.76. The third-order valence-electron chi connectivity index (χ3n) is 2.21. The molecule has 0 spiro atoms. The standard InChI is InChI=1S/C13H8Br2N2O2S/c14-10-7-9(12(15)20-10)13(19)17-11-6-8(2-1-5-18)3-4-16-11/h3-4,6-7,18H,5H2,(H,16,17,19). The Balaban J connectivity index is 2.17. The molecule has 0 fully saturated rings. The number of carbonyl (C=O) groups is 1. The van der Waals surface area contributed by atoms with E-state index in [4.69, 9.17) is 5.11 Å². The Labute approximate surface area is 136 Å². The molecule has 0 aromatic carbocycles. The first-order chi connectivity index (χ1) is 9.60. The molecule has 0 radical (unpaired) electrons. The van der Waals surface area contributed by atoms with Crippen molar-refractivity contribution in [3.63, 3.8) is 0 Å². The molecule has 2 aromatic rings. The third-order valence-corrected chi connectivity index (χ3v) is 4.55. The van der Waals surface area contributed by atoms with Gasteiger partial charge in [-0.15, -0.1) is 11.3 Å². The van der Waals surface area contributed by atoms with Gasteiger partial charge < -0.3 is 10.4 Å². The van der Waals surface area contributed by atoms with Crippen molar-refractivity contribution in [2.45, 2.75) is 0 Å². The van der Waals surface area contributed by atoms with E-state index in [9.17, 15) is 4.79 Å². The van der Waals surface area contributed by atoms with E-state index in [2.05, 4.69) is 54.0 Å². The SMILES string of the molecule is O=C(Nc1cc(C#CCO)ccn1)c1cc(Br)sc1Br. The number of anilines is 1. The molecule has 2 rings (SSSR count). The fourth-order valence-corrected chi connectivity index (χ4v) is 4.19. The van der Waals surface area contributed by atoms with Crippen molar-refractivity contribution >= 4 is 54.9 Å². The van der Waals surface area contributed by atoms with E-state index in [-0.39, 0.29) is 12.5 Å². The van der Waals surface area contributed by atoms with Crippen LogP contribution < -0.4 is 5.32 Å². The zero-order valence-corrected chi connectivity index (χ0v) is 14.0. The van der Waals surface area contributed by atoms with Gasteiger partial charge >= 0.3 is 0 Å². The van der Waals surface area contributed by atoms with Gasteiger partial charge in [0.2, 0.25) is 0 Å². The summed E-state index contributed by atoms with van der Waals surface area (Å²) in [4.78, 5) is 16.2. The lowest BCUT2D eigenvalue weighted by molar-refractivity contribution is 0.102. The zero-order valence-electron chi connectivity index (χ0n) is 9.98. The molecule has 0 aliphatic rings. The molecule has 2 aromatic heterocycles. The van der Waals surface area contributed by atoms with Crippen LogP contribution in [0.15, 0.2) is 32.0 Å². The van der Waals surface area contributed by atoms with E-state index in [0.717, 1.165) is 7.57 Å². The van der Waals surface area contributed by atoms with Gasteiger partial charge in [0.1, 0.15) is 12.4 Å². The van der Waals surface area contributed by atoms with Crippen LogP contribution in [0.4, 0.5) is 5.82 Å². The van der Waals surface area contributed by atoms with Gasteiger partial charge in [-0.05, 0) is 50.1 Å². The van der Waals surface area contributed by atoms with Crippen LogP contribution in [0.5, 0.6) is 0 Å². The Hall–Kier alpha value is -1.20. The minimum absolute atomic E-state index is 0.208. The van der Waals surface area contributed by atoms with Gasteiger partial charge in [0.25, 0.3) is 5.91 Å². The van der Waals surface area contributed by atoms with E-state index < -0.39 is 0 Å². The van der Waals surface area contributed by atoms with Crippen LogP contribution in [-0.4, -0.2) is 22.6 Å². The molecule has 7 heteroatoms. The number of rotatable bonds is 2. The van der Waals surface area contributed by atoms with Crippen molar-refractivity contribution in [3.05, 3.63) is 43.1 Å². The number of carbonyl (C=O) groups excluding carboxylic acids is 1. The van der Waals surface area contributed by atoms with Gasteiger partial charge in [0.15, 0.2) is 0 Å². The quantitative estimate of drug-likeness (QED) is 0.740. The van der Waals surface area contributed by atoms with Crippen LogP contribution in [0, 0.1) is 11.8 Å². The van der Waals surface area contributed by atoms with Crippen molar-refractivity contribution in [3.8, 4) is 11.8 Å². The highest BCUT2D eigenvalue weighted by atomic mass is 79.9. The first kappa shape index (κ1) is 15.2. The van der Waals surface area contributed by atoms with Crippen molar-refractivity contribution < 1.29 is 9.90 Å². The highest BCUT2D eigenvalue weighted by Crippen LogP contribution is 2.32. The normalized spacial score (nSPS) is 9.75. The third kappa shape index (κ3) is 3.90. The number of aliphatic hydroxyl groups excluding tert-OH is 1. The second-order valence-electron chi connectivity index (χ2n) is 3.58. The molecule has 0 unspecified atom stereocenters. The lowest BCUT2D eigenvalue weighted by Crippen LogP contribution is -2.12. The van der Waals surface area contributed by atoms with Crippen molar-refractivity contribution in [2.24, 2.45) is 0 Å². The zero-order chi connectivity index (χ0) is 14.5. The number of nitrogens with zero attached hydrogens (tertiary/aromatic N) is 1. The predicted octanol–water partition coefficient (Wildman–Crippen LogP) is 3.26. The van der Waals surface area contributed by atoms with Gasteiger partial charge in [-0.1, -0.05) is 11.8 Å². The summed E-state index contributed by atoms with van der Waals surface area (Å²) in [6.07, 6.45) is 1.55. The first-order valence-electron chi connectivity index (χ1n) is 5.42. The summed E-state index contributed by atoms with van der Waals surface area (Å²) in [5.41, 5.74) is 1.21. The Kier molecular flexibility index (Phi) is 5.31. The Morgan fingerprint density at radius 1 is 1.45 bits per heavy atom. The maximum atomic E-state index is 12.1. The number of amides is 1. The number of hydrogen-bond acceptors (Lipinski definition) is 4. The summed E-state index contributed by atoms with van der Waals surface area (Å²) in [5.74, 6) is 5.46. The predicted molar refractivity (Wildman–Crippen MR) is 85.9 cm³/mol. The van der Waals surface area contributed by atoms with E-state index in [1.807, 2.05) is 0 Å². The highest BCUT2D eigenvalue weighted by molar-refractivity contribution is 9.12. The number of pyridine rings is 1. The maximum absolute atomic E-state index is 12.1. The fraction of sp³-hybridized carbons (Fsp3) is 0.0769. The van der Waals surface area contributed by atoms with Gasteiger partial charge in [0.05, 0.1) is 13.1 Å². The molecule has 102 valence electrons. The van der Waals surface area contributed by atoms with Gasteiger partial charge in [-0.3, -0.25) is 4.79 Å². The number of aliphatic hydroxyl groups is 1. The van der Waals surface area contributed by atoms with Crippen molar-refractivity contribution in [2.75, 3.05) is 11.9 Å². The molecule has 4 nitrogen and oxygen atoms in total. The lowest BCUT2D eigenvalue weighted by Gasteiger charge is -2.03. The van der Waals surface area contributed by atoms with Crippen LogP contribution in [0.1, 0.15) is 15.9 Å². The molecule has 0 aliphatic heterocycles. The maximum Gasteiger partial charge on any atom is 0.258 e. The molecule has 1 amide bonds. The van der Waals surface area contributed by atoms with E-state index >= 15 is 0 Å². The van der Waals surface area contributed by atoms with Crippen molar-refractivity contribution in [1.82, 2.24) is 4.98 Å². The molecule has 0 aliphatic carbocycles. The number of aromatic nitrogens is 1. The summed E-state index contributed by atoms with van der Waals surface area (Å²) in [6.45, 7) is -0.208. The molecule has 0 bridgehead atoms. The van der Waals surface area contributed by atoms with E-state index in [1.54, 1.807) is 24.4 Å². The van der Waals surface area contributed by atoms with Gasteiger partial charge in [0, 0.05) is 11.8 Å². The summed E-state index contributed by atoms with van der Waals surface area (Å²) in [6, 6.07) is 5.09. The number of nitrogens with one attached hydrogen (secondary N) is 1. The summed E-state index contributed by atoms with van der Waals surface area (Å²) < 4.78 is 1.61. The van der Waals surface area contributed by atoms with Crippen LogP contribution in [0.25, 0.3) is 0 Å². The summed E-state index contributed by atoms with van der Waals surface area (Å²) in [5, 5.41) is 11.4. The molecule has 0 atom stereocenters. The number of hydrogen-bond donors (Lipinski definition) is 2. The van der Waals surface area contributed by atoms with Crippen LogP contribution in [0.2, 0.25) is 0 Å². The highest BCUT2D eigenvalue weighted by Gasteiger charge is 2.14. The molecule has 0 saturated carbocycles. The van der Waals surface area contributed by atoms with Crippen molar-refractivity contribution in [1.29, 1.82) is 0 Å². The minimum Gasteiger partial charge on any atom is -0.384 e. The van der Waals surface area contributed by atoms with E-state index in [0.29, 0.717) is 16.9 Å². The van der Waals surface area contributed by atoms with Crippen LogP contribution in [-0.2, 0) is 0 Å². The average molecular weight is 416 g/mol. The molecular formula is C13H8Br2N2O2S. The molecule has 20 heavy (non-hydrogen) atoms.